The van der Waals surface area contributed by atoms with Crippen LogP contribution in [-0.2, 0) is 11.3 Å². The minimum atomic E-state index is -0.199. The molecular weight excluding hydrogens is 212 g/mol. The van der Waals surface area contributed by atoms with E-state index in [4.69, 9.17) is 10.00 Å². The third kappa shape index (κ3) is 3.55. The average Bonchev–Trinajstić information content (AvgIpc) is 2.42. The lowest BCUT2D eigenvalue weighted by atomic mass is 10.0. The molecule has 1 fully saturated rings. The quantitative estimate of drug-likeness (QED) is 0.862. The Labute approximate surface area is 102 Å². The highest BCUT2D eigenvalue weighted by Gasteiger charge is 2.23. The van der Waals surface area contributed by atoms with Gasteiger partial charge < -0.3 is 4.74 Å². The molecule has 0 radical (unpaired) electrons. The lowest BCUT2D eigenvalue weighted by molar-refractivity contribution is 0.00334. The summed E-state index contributed by atoms with van der Waals surface area (Å²) in [5, 5.41) is 12.4. The summed E-state index contributed by atoms with van der Waals surface area (Å²) in [6.07, 6.45) is 3.32. The van der Waals surface area contributed by atoms with Gasteiger partial charge in [-0.3, -0.25) is 5.32 Å². The standard InChI is InChI=1S/C14H18N2O/c15-10-13(14-8-4-5-9-17-14)16-11-12-6-2-1-3-7-12/h1-3,6-7,13-14,16H,4-5,8-9,11H2/t13-,14-/m0/s1. The van der Waals surface area contributed by atoms with Gasteiger partial charge in [0.2, 0.25) is 0 Å². The summed E-state index contributed by atoms with van der Waals surface area (Å²) in [5.74, 6) is 0. The van der Waals surface area contributed by atoms with E-state index in [1.807, 2.05) is 18.2 Å². The Balaban J connectivity index is 1.85. The highest BCUT2D eigenvalue weighted by atomic mass is 16.5. The second-order valence-corrected chi connectivity index (χ2v) is 4.38. The molecule has 1 N–H and O–H groups in total. The van der Waals surface area contributed by atoms with E-state index in [0.717, 1.165) is 32.4 Å². The molecule has 1 aromatic rings. The zero-order valence-electron chi connectivity index (χ0n) is 9.93. The third-order valence-electron chi connectivity index (χ3n) is 3.09. The molecule has 0 spiro atoms. The summed E-state index contributed by atoms with van der Waals surface area (Å²) in [6.45, 7) is 1.51. The molecule has 90 valence electrons. The van der Waals surface area contributed by atoms with Gasteiger partial charge in [0.05, 0.1) is 12.2 Å². The summed E-state index contributed by atoms with van der Waals surface area (Å²) in [7, 11) is 0. The van der Waals surface area contributed by atoms with Crippen LogP contribution in [0, 0.1) is 11.3 Å². The van der Waals surface area contributed by atoms with Crippen molar-refractivity contribution in [3.8, 4) is 6.07 Å². The lowest BCUT2D eigenvalue weighted by Gasteiger charge is -2.27. The van der Waals surface area contributed by atoms with E-state index < -0.39 is 0 Å². The average molecular weight is 230 g/mol. The zero-order valence-corrected chi connectivity index (χ0v) is 9.93. The molecule has 2 atom stereocenters. The highest BCUT2D eigenvalue weighted by Crippen LogP contribution is 2.16. The number of nitrogens with one attached hydrogen (secondary N) is 1. The van der Waals surface area contributed by atoms with Gasteiger partial charge in [-0.2, -0.15) is 5.26 Å². The summed E-state index contributed by atoms with van der Waals surface area (Å²) in [5.41, 5.74) is 1.20. The molecule has 0 unspecified atom stereocenters. The number of hydrogen-bond donors (Lipinski definition) is 1. The molecular formula is C14H18N2O. The SMILES string of the molecule is N#C[C@H](NCc1ccccc1)[C@@H]1CCCCO1. The molecule has 17 heavy (non-hydrogen) atoms. The Morgan fingerprint density at radius 3 is 2.82 bits per heavy atom. The minimum absolute atomic E-state index is 0.0532. The van der Waals surface area contributed by atoms with Crippen LogP contribution in [-0.4, -0.2) is 18.8 Å². The van der Waals surface area contributed by atoms with Gasteiger partial charge >= 0.3 is 0 Å². The Morgan fingerprint density at radius 2 is 2.18 bits per heavy atom. The fraction of sp³-hybridized carbons (Fsp3) is 0.500. The molecule has 1 aliphatic rings. The van der Waals surface area contributed by atoms with Crippen molar-refractivity contribution in [3.63, 3.8) is 0 Å². The lowest BCUT2D eigenvalue weighted by Crippen LogP contribution is -2.41. The van der Waals surface area contributed by atoms with Gasteiger partial charge in [-0.25, -0.2) is 0 Å². The van der Waals surface area contributed by atoms with Gasteiger partial charge in [0.25, 0.3) is 0 Å². The van der Waals surface area contributed by atoms with Crippen LogP contribution in [0.3, 0.4) is 0 Å². The topological polar surface area (TPSA) is 45.0 Å². The predicted molar refractivity (Wildman–Crippen MR) is 66.3 cm³/mol. The van der Waals surface area contributed by atoms with Crippen molar-refractivity contribution in [2.24, 2.45) is 0 Å². The summed E-state index contributed by atoms with van der Waals surface area (Å²) >= 11 is 0. The van der Waals surface area contributed by atoms with Crippen LogP contribution in [0.1, 0.15) is 24.8 Å². The molecule has 0 amide bonds. The van der Waals surface area contributed by atoms with Crippen LogP contribution in [0.25, 0.3) is 0 Å². The van der Waals surface area contributed by atoms with Gasteiger partial charge in [-0.1, -0.05) is 30.3 Å². The van der Waals surface area contributed by atoms with Crippen LogP contribution in [0.5, 0.6) is 0 Å². The van der Waals surface area contributed by atoms with Gasteiger partial charge in [-0.05, 0) is 24.8 Å². The monoisotopic (exact) mass is 230 g/mol. The van der Waals surface area contributed by atoms with E-state index in [-0.39, 0.29) is 12.1 Å². The van der Waals surface area contributed by atoms with E-state index in [0.29, 0.717) is 0 Å². The first-order valence-electron chi connectivity index (χ1n) is 6.18. The van der Waals surface area contributed by atoms with Crippen molar-refractivity contribution in [2.45, 2.75) is 38.0 Å². The highest BCUT2D eigenvalue weighted by molar-refractivity contribution is 5.15. The van der Waals surface area contributed by atoms with E-state index in [9.17, 15) is 0 Å². The molecule has 3 heteroatoms. The summed E-state index contributed by atoms with van der Waals surface area (Å²) in [6, 6.07) is 12.2. The van der Waals surface area contributed by atoms with Crippen molar-refractivity contribution in [2.75, 3.05) is 6.61 Å². The van der Waals surface area contributed by atoms with Crippen LogP contribution < -0.4 is 5.32 Å². The number of hydrogen-bond acceptors (Lipinski definition) is 3. The molecule has 0 aromatic heterocycles. The predicted octanol–water partition coefficient (Wildman–Crippen LogP) is 2.24. The Kier molecular flexibility index (Phi) is 4.54. The Hall–Kier alpha value is -1.37. The number of benzene rings is 1. The van der Waals surface area contributed by atoms with Crippen molar-refractivity contribution in [3.05, 3.63) is 35.9 Å². The fourth-order valence-electron chi connectivity index (χ4n) is 2.11. The molecule has 2 rings (SSSR count). The number of ether oxygens (including phenoxy) is 1. The number of nitriles is 1. The van der Waals surface area contributed by atoms with Crippen molar-refractivity contribution >= 4 is 0 Å². The Morgan fingerprint density at radius 1 is 1.35 bits per heavy atom. The smallest absolute Gasteiger partial charge is 0.122 e. The van der Waals surface area contributed by atoms with Crippen LogP contribution in [0.15, 0.2) is 30.3 Å². The van der Waals surface area contributed by atoms with Crippen LogP contribution in [0.2, 0.25) is 0 Å². The third-order valence-corrected chi connectivity index (χ3v) is 3.09. The molecule has 1 saturated heterocycles. The normalized spacial score (nSPS) is 21.7. The minimum Gasteiger partial charge on any atom is -0.375 e. The van der Waals surface area contributed by atoms with E-state index in [1.165, 1.54) is 5.56 Å². The number of nitrogens with zero attached hydrogens (tertiary/aromatic N) is 1. The first-order chi connectivity index (χ1) is 8.40. The molecule has 1 aliphatic heterocycles. The fourth-order valence-corrected chi connectivity index (χ4v) is 2.11. The first kappa shape index (κ1) is 12.1. The second-order valence-electron chi connectivity index (χ2n) is 4.38. The molecule has 0 saturated carbocycles. The van der Waals surface area contributed by atoms with Gasteiger partial charge in [0.1, 0.15) is 6.04 Å². The largest absolute Gasteiger partial charge is 0.375 e. The van der Waals surface area contributed by atoms with Crippen molar-refractivity contribution in [1.29, 1.82) is 5.26 Å². The maximum Gasteiger partial charge on any atom is 0.122 e. The van der Waals surface area contributed by atoms with E-state index in [2.05, 4.69) is 23.5 Å². The Bertz CT molecular complexity index is 366. The van der Waals surface area contributed by atoms with E-state index >= 15 is 0 Å². The number of rotatable bonds is 4. The summed E-state index contributed by atoms with van der Waals surface area (Å²) < 4.78 is 5.63. The van der Waals surface area contributed by atoms with E-state index in [1.54, 1.807) is 0 Å². The molecule has 1 heterocycles. The van der Waals surface area contributed by atoms with Gasteiger partial charge in [0.15, 0.2) is 0 Å². The molecule has 0 bridgehead atoms. The summed E-state index contributed by atoms with van der Waals surface area (Å²) in [4.78, 5) is 0. The maximum absolute atomic E-state index is 9.16. The molecule has 1 aromatic carbocycles. The second kappa shape index (κ2) is 6.39. The molecule has 3 nitrogen and oxygen atoms in total. The van der Waals surface area contributed by atoms with Gasteiger partial charge in [0, 0.05) is 13.2 Å². The molecule has 0 aliphatic carbocycles. The van der Waals surface area contributed by atoms with Crippen molar-refractivity contribution in [1.82, 2.24) is 5.32 Å². The maximum atomic E-state index is 9.16. The zero-order chi connectivity index (χ0) is 11.9. The van der Waals surface area contributed by atoms with Crippen LogP contribution in [0.4, 0.5) is 0 Å². The first-order valence-corrected chi connectivity index (χ1v) is 6.18. The van der Waals surface area contributed by atoms with Gasteiger partial charge in [-0.15, -0.1) is 0 Å². The van der Waals surface area contributed by atoms with Crippen molar-refractivity contribution < 1.29 is 4.74 Å². The van der Waals surface area contributed by atoms with Crippen LogP contribution >= 0.6 is 0 Å².